The summed E-state index contributed by atoms with van der Waals surface area (Å²) in [4.78, 5) is 0. The molecular formula is C21H17BrCl2N6S. The van der Waals surface area contributed by atoms with Gasteiger partial charge in [0.2, 0.25) is 0 Å². The van der Waals surface area contributed by atoms with Crippen molar-refractivity contribution in [3.8, 4) is 0 Å². The third-order valence-corrected chi connectivity index (χ3v) is 5.64. The number of hydrogen-bond donors (Lipinski definition) is 2. The Hall–Kier alpha value is -2.39. The minimum absolute atomic E-state index is 0.397. The van der Waals surface area contributed by atoms with Gasteiger partial charge in [-0.25, -0.2) is 0 Å². The Morgan fingerprint density at radius 1 is 0.839 bits per heavy atom. The summed E-state index contributed by atoms with van der Waals surface area (Å²) >= 11 is 20.8. The van der Waals surface area contributed by atoms with Crippen molar-refractivity contribution >= 4 is 68.1 Å². The van der Waals surface area contributed by atoms with Gasteiger partial charge in [0.15, 0.2) is 16.7 Å². The molecule has 0 aliphatic heterocycles. The predicted molar refractivity (Wildman–Crippen MR) is 133 cm³/mol. The normalized spacial score (nSPS) is 10.8. The molecule has 4 aromatic rings. The van der Waals surface area contributed by atoms with Gasteiger partial charge >= 0.3 is 0 Å². The molecule has 0 spiro atoms. The van der Waals surface area contributed by atoms with Gasteiger partial charge in [-0.1, -0.05) is 47.5 Å². The van der Waals surface area contributed by atoms with Crippen LogP contribution in [0.2, 0.25) is 10.0 Å². The Morgan fingerprint density at radius 2 is 1.42 bits per heavy atom. The van der Waals surface area contributed by atoms with Crippen LogP contribution >= 0.6 is 51.3 Å². The summed E-state index contributed by atoms with van der Waals surface area (Å²) in [5.41, 5.74) is 2.20. The smallest absolute Gasteiger partial charge is 0.177 e. The first-order chi connectivity index (χ1) is 14.9. The summed E-state index contributed by atoms with van der Waals surface area (Å²) in [5.74, 6) is 1.26. The zero-order chi connectivity index (χ0) is 21.8. The molecule has 0 fully saturated rings. The monoisotopic (exact) mass is 534 g/mol. The number of aromatic nitrogens is 4. The largest absolute Gasteiger partial charge is 0.316 e. The highest BCUT2D eigenvalue weighted by Crippen LogP contribution is 2.21. The van der Waals surface area contributed by atoms with E-state index in [9.17, 15) is 0 Å². The molecule has 0 atom stereocenters. The maximum absolute atomic E-state index is 5.94. The van der Waals surface area contributed by atoms with Gasteiger partial charge in [-0.2, -0.15) is 10.2 Å². The van der Waals surface area contributed by atoms with E-state index in [1.54, 1.807) is 0 Å². The number of rotatable bonds is 6. The van der Waals surface area contributed by atoms with Crippen LogP contribution in [0.3, 0.4) is 0 Å². The molecule has 0 saturated heterocycles. The van der Waals surface area contributed by atoms with Crippen LogP contribution in [0.1, 0.15) is 11.1 Å². The fourth-order valence-corrected chi connectivity index (χ4v) is 3.76. The molecule has 0 unspecified atom stereocenters. The van der Waals surface area contributed by atoms with Crippen molar-refractivity contribution in [2.45, 2.75) is 13.1 Å². The lowest BCUT2D eigenvalue weighted by atomic mass is 10.2. The molecule has 0 amide bonds. The number of benzene rings is 2. The first kappa shape index (κ1) is 21.8. The van der Waals surface area contributed by atoms with Gasteiger partial charge in [-0.3, -0.25) is 9.36 Å². The van der Waals surface area contributed by atoms with Gasteiger partial charge in [0.25, 0.3) is 0 Å². The standard InChI is InChI=1S/C21H17BrCl2N6S/c22-18-13-30(12-15-3-7-17(24)8-4-15)28-20(18)26-21(31)25-19-9-10-29(27-19)11-14-1-5-16(23)6-2-14/h1-10,13H,11-12H2,(H2,25,26,27,28,31). The topological polar surface area (TPSA) is 59.7 Å². The van der Waals surface area contributed by atoms with E-state index in [1.165, 1.54) is 0 Å². The van der Waals surface area contributed by atoms with Gasteiger partial charge in [-0.15, -0.1) is 0 Å². The quantitative estimate of drug-likeness (QED) is 0.294. The van der Waals surface area contributed by atoms with Crippen molar-refractivity contribution < 1.29 is 0 Å². The molecular weight excluding hydrogens is 519 g/mol. The summed E-state index contributed by atoms with van der Waals surface area (Å²) < 4.78 is 4.45. The summed E-state index contributed by atoms with van der Waals surface area (Å²) in [7, 11) is 0. The Balaban J connectivity index is 1.34. The molecule has 0 bridgehead atoms. The number of thiocarbonyl (C=S) groups is 1. The Bertz CT molecular complexity index is 1190. The lowest BCUT2D eigenvalue weighted by Gasteiger charge is -2.07. The van der Waals surface area contributed by atoms with Crippen LogP contribution in [0, 0.1) is 0 Å². The average Bonchev–Trinajstić information content (AvgIpc) is 3.31. The number of hydrogen-bond acceptors (Lipinski definition) is 3. The molecule has 4 rings (SSSR count). The van der Waals surface area contributed by atoms with Crippen LogP contribution < -0.4 is 10.6 Å². The summed E-state index contributed by atoms with van der Waals surface area (Å²) in [5, 5.41) is 17.0. The van der Waals surface area contributed by atoms with E-state index in [0.717, 1.165) is 15.6 Å². The molecule has 6 nitrogen and oxygen atoms in total. The van der Waals surface area contributed by atoms with E-state index >= 15 is 0 Å². The van der Waals surface area contributed by atoms with Crippen LogP contribution in [0.25, 0.3) is 0 Å². The zero-order valence-electron chi connectivity index (χ0n) is 16.1. The first-order valence-corrected chi connectivity index (χ1v) is 11.2. The van der Waals surface area contributed by atoms with Gasteiger partial charge in [0, 0.05) is 28.5 Å². The van der Waals surface area contributed by atoms with E-state index in [2.05, 4.69) is 36.8 Å². The lowest BCUT2D eigenvalue weighted by molar-refractivity contribution is 0.689. The number of anilines is 2. The van der Waals surface area contributed by atoms with Gasteiger partial charge in [0.1, 0.15) is 0 Å². The second-order valence-corrected chi connectivity index (χ2v) is 8.89. The van der Waals surface area contributed by atoms with Gasteiger partial charge in [-0.05, 0) is 63.5 Å². The van der Waals surface area contributed by atoms with E-state index in [-0.39, 0.29) is 0 Å². The Morgan fingerprint density at radius 3 is 2.03 bits per heavy atom. The number of halogens is 3. The van der Waals surface area contributed by atoms with Crippen molar-refractivity contribution in [1.82, 2.24) is 19.6 Å². The molecule has 2 N–H and O–H groups in total. The Kier molecular flexibility index (Phi) is 6.92. The second kappa shape index (κ2) is 9.82. The predicted octanol–water partition coefficient (Wildman–Crippen LogP) is 6.05. The maximum Gasteiger partial charge on any atom is 0.177 e. The highest BCUT2D eigenvalue weighted by molar-refractivity contribution is 9.10. The fourth-order valence-electron chi connectivity index (χ4n) is 2.89. The fraction of sp³-hybridized carbons (Fsp3) is 0.0952. The van der Waals surface area contributed by atoms with Gasteiger partial charge < -0.3 is 10.6 Å². The molecule has 2 heterocycles. The molecule has 0 radical (unpaired) electrons. The Labute approximate surface area is 203 Å². The third kappa shape index (κ3) is 6.07. The summed E-state index contributed by atoms with van der Waals surface area (Å²) in [6, 6.07) is 17.2. The van der Waals surface area contributed by atoms with Crippen molar-refractivity contribution in [3.63, 3.8) is 0 Å². The highest BCUT2D eigenvalue weighted by Gasteiger charge is 2.10. The van der Waals surface area contributed by atoms with Crippen molar-refractivity contribution in [1.29, 1.82) is 0 Å². The molecule has 2 aromatic carbocycles. The molecule has 0 aliphatic rings. The van der Waals surface area contributed by atoms with Crippen LogP contribution in [-0.2, 0) is 13.1 Å². The van der Waals surface area contributed by atoms with Crippen LogP contribution in [0.4, 0.5) is 11.6 Å². The second-order valence-electron chi connectivity index (χ2n) is 6.75. The van der Waals surface area contributed by atoms with Crippen LogP contribution in [0.15, 0.2) is 71.5 Å². The number of nitrogens with one attached hydrogen (secondary N) is 2. The molecule has 158 valence electrons. The molecule has 31 heavy (non-hydrogen) atoms. The van der Waals surface area contributed by atoms with Crippen LogP contribution in [0.5, 0.6) is 0 Å². The van der Waals surface area contributed by atoms with Crippen molar-refractivity contribution in [2.24, 2.45) is 0 Å². The SMILES string of the molecule is S=C(Nc1ccn(Cc2ccc(Cl)cc2)n1)Nc1nn(Cc2ccc(Cl)cc2)cc1Br. The summed E-state index contributed by atoms with van der Waals surface area (Å²) in [6.07, 6.45) is 3.77. The number of nitrogens with zero attached hydrogens (tertiary/aromatic N) is 4. The van der Waals surface area contributed by atoms with Crippen molar-refractivity contribution in [3.05, 3.63) is 92.6 Å². The van der Waals surface area contributed by atoms with E-state index < -0.39 is 0 Å². The van der Waals surface area contributed by atoms with Crippen molar-refractivity contribution in [2.75, 3.05) is 10.6 Å². The lowest BCUT2D eigenvalue weighted by Crippen LogP contribution is -2.20. The molecule has 0 saturated carbocycles. The molecule has 0 aliphatic carbocycles. The summed E-state index contributed by atoms with van der Waals surface area (Å²) in [6.45, 7) is 1.26. The van der Waals surface area contributed by atoms with E-state index in [4.69, 9.17) is 35.4 Å². The van der Waals surface area contributed by atoms with Crippen LogP contribution in [-0.4, -0.2) is 24.7 Å². The minimum atomic E-state index is 0.397. The molecule has 2 aromatic heterocycles. The average molecular weight is 536 g/mol. The maximum atomic E-state index is 5.94. The third-order valence-electron chi connectivity index (χ3n) is 4.35. The molecule has 10 heteroatoms. The van der Waals surface area contributed by atoms with Gasteiger partial charge in [0.05, 0.1) is 17.6 Å². The zero-order valence-corrected chi connectivity index (χ0v) is 20.0. The van der Waals surface area contributed by atoms with E-state index in [0.29, 0.717) is 39.9 Å². The first-order valence-electron chi connectivity index (χ1n) is 9.28. The van der Waals surface area contributed by atoms with E-state index in [1.807, 2.05) is 76.4 Å². The highest BCUT2D eigenvalue weighted by atomic mass is 79.9. The minimum Gasteiger partial charge on any atom is -0.316 e.